The normalized spacial score (nSPS) is 15.7. The number of nitrogens with one attached hydrogen (secondary N) is 2. The highest BCUT2D eigenvalue weighted by atomic mass is 16.5. The Morgan fingerprint density at radius 3 is 2.56 bits per heavy atom. The summed E-state index contributed by atoms with van der Waals surface area (Å²) in [6, 6.07) is 0.331. The molecule has 0 unspecified atom stereocenters. The number of hydrogen-bond donors (Lipinski definition) is 2. The zero-order valence-electron chi connectivity index (χ0n) is 11.1. The minimum Gasteiger partial charge on any atom is -0.467 e. The molecule has 0 spiro atoms. The smallest absolute Gasteiger partial charge is 0.322 e. The van der Waals surface area contributed by atoms with E-state index in [1.54, 1.807) is 14.2 Å². The molecule has 0 aromatic carbocycles. The third-order valence-electron chi connectivity index (χ3n) is 3.33. The van der Waals surface area contributed by atoms with Gasteiger partial charge in [-0.05, 0) is 12.3 Å². The Morgan fingerprint density at radius 2 is 1.89 bits per heavy atom. The van der Waals surface area contributed by atoms with Gasteiger partial charge in [-0.3, -0.25) is 0 Å². The summed E-state index contributed by atoms with van der Waals surface area (Å²) in [5.41, 5.74) is 0. The molecule has 18 heavy (non-hydrogen) atoms. The second-order valence-corrected chi connectivity index (χ2v) is 4.59. The van der Waals surface area contributed by atoms with Crippen LogP contribution in [0.3, 0.4) is 0 Å². The molecule has 1 fully saturated rings. The Morgan fingerprint density at radius 1 is 1.17 bits per heavy atom. The van der Waals surface area contributed by atoms with E-state index in [2.05, 4.69) is 25.6 Å². The van der Waals surface area contributed by atoms with Crippen LogP contribution in [-0.2, 0) is 0 Å². The zero-order chi connectivity index (χ0) is 12.8. The van der Waals surface area contributed by atoms with Gasteiger partial charge >= 0.3 is 6.01 Å². The summed E-state index contributed by atoms with van der Waals surface area (Å²) in [6.07, 6.45) is 6.68. The number of anilines is 2. The van der Waals surface area contributed by atoms with Gasteiger partial charge in [-0.1, -0.05) is 25.7 Å². The Bertz CT molecular complexity index is 356. The molecule has 1 aromatic heterocycles. The van der Waals surface area contributed by atoms with Crippen molar-refractivity contribution in [3.63, 3.8) is 0 Å². The summed E-state index contributed by atoms with van der Waals surface area (Å²) in [6.45, 7) is 0.904. The molecule has 0 aliphatic heterocycles. The molecule has 0 radical (unpaired) electrons. The lowest BCUT2D eigenvalue weighted by molar-refractivity contribution is 0.379. The average Bonchev–Trinajstić information content (AvgIpc) is 2.91. The van der Waals surface area contributed by atoms with E-state index in [4.69, 9.17) is 4.74 Å². The van der Waals surface area contributed by atoms with Crippen LogP contribution in [0.2, 0.25) is 0 Å². The minimum atomic E-state index is 0.331. The third kappa shape index (κ3) is 3.45. The van der Waals surface area contributed by atoms with Gasteiger partial charge < -0.3 is 15.4 Å². The second kappa shape index (κ2) is 6.37. The first-order valence-corrected chi connectivity index (χ1v) is 6.53. The number of nitrogens with zero attached hydrogens (tertiary/aromatic N) is 3. The Hall–Kier alpha value is -1.59. The molecule has 1 heterocycles. The molecule has 0 amide bonds. The highest BCUT2D eigenvalue weighted by Crippen LogP contribution is 2.27. The van der Waals surface area contributed by atoms with Crippen molar-refractivity contribution in [3.8, 4) is 6.01 Å². The van der Waals surface area contributed by atoms with Crippen molar-refractivity contribution in [1.82, 2.24) is 15.0 Å². The molecule has 1 aliphatic carbocycles. The van der Waals surface area contributed by atoms with Crippen molar-refractivity contribution in [2.24, 2.45) is 5.92 Å². The molecule has 100 valence electrons. The van der Waals surface area contributed by atoms with Crippen LogP contribution in [0.5, 0.6) is 6.01 Å². The lowest BCUT2D eigenvalue weighted by Gasteiger charge is -2.10. The van der Waals surface area contributed by atoms with Crippen molar-refractivity contribution >= 4 is 11.9 Å². The van der Waals surface area contributed by atoms with E-state index >= 15 is 0 Å². The van der Waals surface area contributed by atoms with Crippen LogP contribution in [0, 0.1) is 5.92 Å². The topological polar surface area (TPSA) is 72.0 Å². The van der Waals surface area contributed by atoms with Crippen LogP contribution in [0.25, 0.3) is 0 Å². The van der Waals surface area contributed by atoms with Gasteiger partial charge in [-0.15, -0.1) is 0 Å². The van der Waals surface area contributed by atoms with E-state index in [1.165, 1.54) is 32.1 Å². The maximum atomic E-state index is 5.03. The minimum absolute atomic E-state index is 0.331. The lowest BCUT2D eigenvalue weighted by atomic mass is 10.0. The number of hydrogen-bond acceptors (Lipinski definition) is 6. The fourth-order valence-corrected chi connectivity index (χ4v) is 2.33. The molecule has 0 bridgehead atoms. The van der Waals surface area contributed by atoms with E-state index in [0.29, 0.717) is 17.9 Å². The average molecular weight is 251 g/mol. The lowest BCUT2D eigenvalue weighted by Crippen LogP contribution is -2.11. The predicted molar refractivity (Wildman–Crippen MR) is 71.0 cm³/mol. The molecule has 1 aliphatic rings. The van der Waals surface area contributed by atoms with Crippen molar-refractivity contribution in [2.45, 2.75) is 32.1 Å². The third-order valence-corrected chi connectivity index (χ3v) is 3.33. The van der Waals surface area contributed by atoms with Gasteiger partial charge in [0.1, 0.15) is 0 Å². The first-order chi connectivity index (χ1) is 8.81. The molecule has 6 nitrogen and oxygen atoms in total. The number of aromatic nitrogens is 3. The SMILES string of the molecule is CNc1nc(NCCC2CCCC2)nc(OC)n1. The standard InChI is InChI=1S/C12H21N5O/c1-13-10-15-11(17-12(16-10)18-2)14-8-7-9-5-3-4-6-9/h9H,3-8H2,1-2H3,(H2,13,14,15,16,17). The van der Waals surface area contributed by atoms with E-state index in [0.717, 1.165) is 12.5 Å². The summed E-state index contributed by atoms with van der Waals surface area (Å²) >= 11 is 0. The summed E-state index contributed by atoms with van der Waals surface area (Å²) in [5, 5.41) is 6.13. The van der Waals surface area contributed by atoms with Crippen molar-refractivity contribution in [3.05, 3.63) is 0 Å². The summed E-state index contributed by atoms with van der Waals surface area (Å²) in [5.74, 6) is 1.96. The second-order valence-electron chi connectivity index (χ2n) is 4.59. The summed E-state index contributed by atoms with van der Waals surface area (Å²) in [7, 11) is 3.33. The molecule has 6 heteroatoms. The largest absolute Gasteiger partial charge is 0.467 e. The number of rotatable bonds is 6. The van der Waals surface area contributed by atoms with Crippen molar-refractivity contribution < 1.29 is 4.74 Å². The van der Waals surface area contributed by atoms with Gasteiger partial charge in [-0.25, -0.2) is 0 Å². The van der Waals surface area contributed by atoms with Crippen LogP contribution in [0.1, 0.15) is 32.1 Å². The quantitative estimate of drug-likeness (QED) is 0.804. The summed E-state index contributed by atoms with van der Waals surface area (Å²) < 4.78 is 5.03. The van der Waals surface area contributed by atoms with Crippen LogP contribution < -0.4 is 15.4 Å². The molecule has 2 rings (SSSR count). The maximum absolute atomic E-state index is 5.03. The fraction of sp³-hybridized carbons (Fsp3) is 0.750. The highest BCUT2D eigenvalue weighted by Gasteiger charge is 2.14. The van der Waals surface area contributed by atoms with E-state index in [9.17, 15) is 0 Å². The van der Waals surface area contributed by atoms with E-state index < -0.39 is 0 Å². The van der Waals surface area contributed by atoms with Crippen LogP contribution in [0.15, 0.2) is 0 Å². The molecule has 0 saturated heterocycles. The molecule has 0 atom stereocenters. The zero-order valence-corrected chi connectivity index (χ0v) is 11.1. The van der Waals surface area contributed by atoms with Crippen molar-refractivity contribution in [2.75, 3.05) is 31.3 Å². The predicted octanol–water partition coefficient (Wildman–Crippen LogP) is 1.91. The first-order valence-electron chi connectivity index (χ1n) is 6.53. The molecular weight excluding hydrogens is 230 g/mol. The van der Waals surface area contributed by atoms with Gasteiger partial charge in [0, 0.05) is 13.6 Å². The molecule has 1 aromatic rings. The Balaban J connectivity index is 1.87. The highest BCUT2D eigenvalue weighted by molar-refractivity contribution is 5.35. The van der Waals surface area contributed by atoms with E-state index in [-0.39, 0.29) is 0 Å². The van der Waals surface area contributed by atoms with Crippen LogP contribution >= 0.6 is 0 Å². The molecular formula is C12H21N5O. The van der Waals surface area contributed by atoms with Gasteiger partial charge in [-0.2, -0.15) is 15.0 Å². The number of methoxy groups -OCH3 is 1. The Labute approximate surface area is 108 Å². The number of ether oxygens (including phenoxy) is 1. The Kier molecular flexibility index (Phi) is 4.55. The van der Waals surface area contributed by atoms with Crippen LogP contribution in [-0.4, -0.2) is 35.7 Å². The molecule has 1 saturated carbocycles. The molecule has 2 N–H and O–H groups in total. The fourth-order valence-electron chi connectivity index (χ4n) is 2.33. The van der Waals surface area contributed by atoms with Gasteiger partial charge in [0.05, 0.1) is 7.11 Å². The summed E-state index contributed by atoms with van der Waals surface area (Å²) in [4.78, 5) is 12.5. The van der Waals surface area contributed by atoms with Crippen LogP contribution in [0.4, 0.5) is 11.9 Å². The van der Waals surface area contributed by atoms with E-state index in [1.807, 2.05) is 0 Å². The first kappa shape index (κ1) is 12.9. The van der Waals surface area contributed by atoms with Gasteiger partial charge in [0.2, 0.25) is 11.9 Å². The monoisotopic (exact) mass is 251 g/mol. The van der Waals surface area contributed by atoms with Gasteiger partial charge in [0.25, 0.3) is 0 Å². The van der Waals surface area contributed by atoms with Gasteiger partial charge in [0.15, 0.2) is 0 Å². The van der Waals surface area contributed by atoms with Crippen molar-refractivity contribution in [1.29, 1.82) is 0 Å². The maximum Gasteiger partial charge on any atom is 0.322 e.